The third-order valence-corrected chi connectivity index (χ3v) is 9.59. The van der Waals surface area contributed by atoms with Crippen LogP contribution < -0.4 is 18.9 Å². The van der Waals surface area contributed by atoms with Crippen LogP contribution in [-0.4, -0.2) is 62.5 Å². The van der Waals surface area contributed by atoms with E-state index < -0.39 is 34.7 Å². The summed E-state index contributed by atoms with van der Waals surface area (Å²) in [6.45, 7) is 0.540. The van der Waals surface area contributed by atoms with E-state index in [2.05, 4.69) is 0 Å². The number of benzene rings is 3. The predicted molar refractivity (Wildman–Crippen MR) is 154 cm³/mol. The molecule has 0 unspecified atom stereocenters. The number of carbonyl (C=O) groups is 1. The third kappa shape index (κ3) is 3.06. The molecule has 7 rings (SSSR count). The van der Waals surface area contributed by atoms with Crippen molar-refractivity contribution in [2.75, 3.05) is 35.0 Å². The van der Waals surface area contributed by atoms with Gasteiger partial charge in [0.15, 0.2) is 16.9 Å². The molecule has 3 aliphatic heterocycles. The number of aliphatic hydroxyl groups is 1. The van der Waals surface area contributed by atoms with E-state index in [0.29, 0.717) is 41.5 Å². The van der Waals surface area contributed by atoms with Gasteiger partial charge < -0.3 is 33.7 Å². The standard InChI is InChI=1S/C33H34N2O7/c1-38-22-15-13-21(14-16-22)31-27(20-10-6-5-7-11-20)29(30(36)41-4)33(37)32(31,34-26-12-8-9-17-35(26)33)28-24(40-3)18-23(39-2)19-25(28)42-31/h5-7,10-11,13-16,18-19,27,29,37H,8-9,12,17H2,1-4H3/t27-,29+,31+,32-,33-/m1/s1. The van der Waals surface area contributed by atoms with E-state index in [1.807, 2.05) is 65.6 Å². The fraction of sp³-hybridized carbons (Fsp3) is 0.394. The zero-order valence-corrected chi connectivity index (χ0v) is 24.1. The largest absolute Gasteiger partial charge is 0.497 e. The molecule has 218 valence electrons. The lowest BCUT2D eigenvalue weighted by Crippen LogP contribution is -2.63. The SMILES string of the molecule is COC(=O)[C@@H]1[C@@H](c2ccccc2)[C@]2(c3ccc(OC)cc3)Oc3cc(OC)cc(OC)c3[C@@]23N=C2CCCCN2[C@@]13O. The highest BCUT2D eigenvalue weighted by molar-refractivity contribution is 5.92. The van der Waals surface area contributed by atoms with Crippen molar-refractivity contribution >= 4 is 11.8 Å². The molecule has 1 spiro atoms. The fourth-order valence-electron chi connectivity index (χ4n) is 8.03. The number of piperidine rings is 1. The van der Waals surface area contributed by atoms with E-state index in [4.69, 9.17) is 28.7 Å². The second kappa shape index (κ2) is 9.39. The number of esters is 1. The minimum atomic E-state index is -1.84. The molecule has 1 saturated heterocycles. The highest BCUT2D eigenvalue weighted by atomic mass is 16.5. The van der Waals surface area contributed by atoms with E-state index in [9.17, 15) is 9.90 Å². The zero-order chi connectivity index (χ0) is 29.3. The minimum absolute atomic E-state index is 0.458. The molecule has 4 aliphatic rings. The van der Waals surface area contributed by atoms with E-state index in [1.54, 1.807) is 27.4 Å². The number of hydrogen-bond acceptors (Lipinski definition) is 9. The van der Waals surface area contributed by atoms with Crippen molar-refractivity contribution in [1.29, 1.82) is 0 Å². The Morgan fingerprint density at radius 1 is 0.952 bits per heavy atom. The summed E-state index contributed by atoms with van der Waals surface area (Å²) in [5.41, 5.74) is -2.59. The molecule has 1 aliphatic carbocycles. The molecule has 3 aromatic carbocycles. The Kier molecular flexibility index (Phi) is 5.96. The molecule has 0 radical (unpaired) electrons. The van der Waals surface area contributed by atoms with Crippen molar-refractivity contribution in [3.05, 3.63) is 83.4 Å². The Morgan fingerprint density at radius 2 is 1.69 bits per heavy atom. The van der Waals surface area contributed by atoms with Crippen molar-refractivity contribution in [1.82, 2.24) is 4.90 Å². The number of ether oxygens (including phenoxy) is 5. The van der Waals surface area contributed by atoms with Gasteiger partial charge in [0, 0.05) is 31.0 Å². The topological polar surface area (TPSA) is 99.1 Å². The monoisotopic (exact) mass is 570 g/mol. The van der Waals surface area contributed by atoms with Crippen LogP contribution in [0.25, 0.3) is 0 Å². The molecule has 3 heterocycles. The summed E-state index contributed by atoms with van der Waals surface area (Å²) in [5.74, 6) is 0.589. The van der Waals surface area contributed by atoms with Gasteiger partial charge in [-0.15, -0.1) is 0 Å². The molecule has 9 nitrogen and oxygen atoms in total. The van der Waals surface area contributed by atoms with Crippen LogP contribution in [0.3, 0.4) is 0 Å². The van der Waals surface area contributed by atoms with Gasteiger partial charge in [-0.2, -0.15) is 0 Å². The Bertz CT molecular complexity index is 1580. The van der Waals surface area contributed by atoms with Crippen molar-refractivity contribution in [2.45, 2.75) is 42.0 Å². The summed E-state index contributed by atoms with van der Waals surface area (Å²) >= 11 is 0. The Hall–Kier alpha value is -4.24. The van der Waals surface area contributed by atoms with Crippen LogP contribution in [0.5, 0.6) is 23.0 Å². The summed E-state index contributed by atoms with van der Waals surface area (Å²) in [5, 5.41) is 13.5. The van der Waals surface area contributed by atoms with Gasteiger partial charge in [-0.05, 0) is 36.1 Å². The van der Waals surface area contributed by atoms with Crippen molar-refractivity contribution in [2.24, 2.45) is 10.9 Å². The van der Waals surface area contributed by atoms with Gasteiger partial charge in [-0.3, -0.25) is 9.79 Å². The maximum atomic E-state index is 14.1. The predicted octanol–water partition coefficient (Wildman–Crippen LogP) is 4.37. The zero-order valence-electron chi connectivity index (χ0n) is 24.1. The van der Waals surface area contributed by atoms with E-state index in [0.717, 1.165) is 29.8 Å². The molecule has 1 saturated carbocycles. The third-order valence-electron chi connectivity index (χ3n) is 9.59. The molecule has 0 amide bonds. The Balaban J connectivity index is 1.67. The molecule has 5 atom stereocenters. The molecule has 2 fully saturated rings. The van der Waals surface area contributed by atoms with Gasteiger partial charge in [-0.1, -0.05) is 42.5 Å². The Labute approximate surface area is 244 Å². The van der Waals surface area contributed by atoms with E-state index in [1.165, 1.54) is 7.11 Å². The first-order valence-electron chi connectivity index (χ1n) is 14.2. The van der Waals surface area contributed by atoms with Gasteiger partial charge in [-0.25, -0.2) is 0 Å². The van der Waals surface area contributed by atoms with Gasteiger partial charge in [0.1, 0.15) is 34.8 Å². The molecule has 0 bridgehead atoms. The Morgan fingerprint density at radius 3 is 2.36 bits per heavy atom. The molecule has 42 heavy (non-hydrogen) atoms. The molecular weight excluding hydrogens is 536 g/mol. The minimum Gasteiger partial charge on any atom is -0.497 e. The maximum absolute atomic E-state index is 14.1. The molecular formula is C33H34N2O7. The number of methoxy groups -OCH3 is 4. The summed E-state index contributed by atoms with van der Waals surface area (Å²) in [6, 6.07) is 20.9. The molecule has 0 aromatic heterocycles. The van der Waals surface area contributed by atoms with E-state index in [-0.39, 0.29) is 0 Å². The van der Waals surface area contributed by atoms with E-state index >= 15 is 0 Å². The molecule has 3 aromatic rings. The van der Waals surface area contributed by atoms with Gasteiger partial charge in [0.05, 0.1) is 34.0 Å². The van der Waals surface area contributed by atoms with Crippen LogP contribution in [0.15, 0.2) is 71.7 Å². The van der Waals surface area contributed by atoms with Crippen LogP contribution in [0, 0.1) is 5.92 Å². The number of carbonyl (C=O) groups excluding carboxylic acids is 1. The number of nitrogens with zero attached hydrogens (tertiary/aromatic N) is 2. The highest BCUT2D eigenvalue weighted by Crippen LogP contribution is 2.77. The summed E-state index contributed by atoms with van der Waals surface area (Å²) in [7, 11) is 6.14. The molecule has 1 N–H and O–H groups in total. The smallest absolute Gasteiger partial charge is 0.314 e. The van der Waals surface area contributed by atoms with Crippen LogP contribution in [0.4, 0.5) is 0 Å². The first-order valence-corrected chi connectivity index (χ1v) is 14.2. The summed E-state index contributed by atoms with van der Waals surface area (Å²) in [6.07, 6.45) is 2.44. The number of aliphatic imine (C=N–C) groups is 1. The summed E-state index contributed by atoms with van der Waals surface area (Å²) in [4.78, 5) is 21.5. The van der Waals surface area contributed by atoms with Crippen molar-refractivity contribution in [3.8, 4) is 23.0 Å². The van der Waals surface area contributed by atoms with Gasteiger partial charge >= 0.3 is 5.97 Å². The van der Waals surface area contributed by atoms with Crippen molar-refractivity contribution < 1.29 is 33.6 Å². The fourth-order valence-corrected chi connectivity index (χ4v) is 8.03. The van der Waals surface area contributed by atoms with Gasteiger partial charge in [0.25, 0.3) is 0 Å². The van der Waals surface area contributed by atoms with Gasteiger partial charge in [0.2, 0.25) is 0 Å². The van der Waals surface area contributed by atoms with Crippen molar-refractivity contribution in [3.63, 3.8) is 0 Å². The first-order chi connectivity index (χ1) is 20.4. The number of rotatable bonds is 6. The van der Waals surface area contributed by atoms with Crippen LogP contribution in [-0.2, 0) is 20.7 Å². The average molecular weight is 571 g/mol. The number of hydrogen-bond donors (Lipinski definition) is 1. The average Bonchev–Trinajstić information content (AvgIpc) is 3.55. The van der Waals surface area contributed by atoms with Crippen LogP contribution in [0.1, 0.15) is 41.9 Å². The first kappa shape index (κ1) is 26.6. The quantitative estimate of drug-likeness (QED) is 0.437. The number of fused-ring (bicyclic) bond motifs is 3. The highest BCUT2D eigenvalue weighted by Gasteiger charge is 2.88. The second-order valence-electron chi connectivity index (χ2n) is 11.2. The van der Waals surface area contributed by atoms with Crippen LogP contribution >= 0.6 is 0 Å². The van der Waals surface area contributed by atoms with Crippen LogP contribution in [0.2, 0.25) is 0 Å². The molecule has 9 heteroatoms. The number of amidine groups is 1. The summed E-state index contributed by atoms with van der Waals surface area (Å²) < 4.78 is 29.9. The lowest BCUT2D eigenvalue weighted by molar-refractivity contribution is -0.177. The maximum Gasteiger partial charge on any atom is 0.314 e. The lowest BCUT2D eigenvalue weighted by Gasteiger charge is -2.45. The lowest BCUT2D eigenvalue weighted by atomic mass is 9.68. The second-order valence-corrected chi connectivity index (χ2v) is 11.2. The normalized spacial score (nSPS) is 30.3.